The molecule has 0 aliphatic carbocycles. The van der Waals surface area contributed by atoms with E-state index in [9.17, 15) is 0 Å². The van der Waals surface area contributed by atoms with Gasteiger partial charge < -0.3 is 20.9 Å². The van der Waals surface area contributed by atoms with Gasteiger partial charge in [-0.2, -0.15) is 0 Å². The third kappa shape index (κ3) is 4.37. The minimum Gasteiger partial charge on any atom is -0.396 e. The van der Waals surface area contributed by atoms with Gasteiger partial charge in [0, 0.05) is 25.3 Å². The highest BCUT2D eigenvalue weighted by Gasteiger charge is 2.33. The van der Waals surface area contributed by atoms with Gasteiger partial charge in [0.2, 0.25) is 0 Å². The lowest BCUT2D eigenvalue weighted by Gasteiger charge is -2.40. The average molecular weight is 230 g/mol. The van der Waals surface area contributed by atoms with Gasteiger partial charge in [0.1, 0.15) is 0 Å². The van der Waals surface area contributed by atoms with Crippen LogP contribution in [0.2, 0.25) is 0 Å². The Kier molecular flexibility index (Phi) is 6.28. The van der Waals surface area contributed by atoms with Gasteiger partial charge in [-0.1, -0.05) is 0 Å². The van der Waals surface area contributed by atoms with E-state index in [2.05, 4.69) is 12.2 Å². The first-order valence-electron chi connectivity index (χ1n) is 6.40. The third-order valence-electron chi connectivity index (χ3n) is 3.39. The van der Waals surface area contributed by atoms with Gasteiger partial charge in [-0.15, -0.1) is 0 Å². The SMILES string of the molecule is CC1CC(CN)(NCCCCCO)CCO1. The quantitative estimate of drug-likeness (QED) is 0.561. The van der Waals surface area contributed by atoms with Crippen molar-refractivity contribution in [3.05, 3.63) is 0 Å². The topological polar surface area (TPSA) is 67.5 Å². The van der Waals surface area contributed by atoms with Crippen LogP contribution in [0.3, 0.4) is 0 Å². The predicted molar refractivity (Wildman–Crippen MR) is 65.4 cm³/mol. The van der Waals surface area contributed by atoms with Crippen LogP contribution in [0.1, 0.15) is 39.0 Å². The molecule has 2 unspecified atom stereocenters. The molecule has 0 saturated carbocycles. The lowest BCUT2D eigenvalue weighted by Crippen LogP contribution is -2.56. The maximum absolute atomic E-state index is 8.69. The molecule has 4 N–H and O–H groups in total. The fourth-order valence-corrected chi connectivity index (χ4v) is 2.35. The van der Waals surface area contributed by atoms with Crippen LogP contribution in [-0.4, -0.2) is 43.1 Å². The van der Waals surface area contributed by atoms with Crippen LogP contribution >= 0.6 is 0 Å². The molecule has 0 aromatic heterocycles. The molecule has 0 amide bonds. The Bertz CT molecular complexity index is 190. The molecule has 1 aliphatic rings. The van der Waals surface area contributed by atoms with E-state index in [4.69, 9.17) is 15.6 Å². The van der Waals surface area contributed by atoms with E-state index in [0.29, 0.717) is 19.3 Å². The number of aliphatic hydroxyl groups excluding tert-OH is 1. The Hall–Kier alpha value is -0.160. The molecule has 1 heterocycles. The van der Waals surface area contributed by atoms with E-state index >= 15 is 0 Å². The number of aliphatic hydroxyl groups is 1. The van der Waals surface area contributed by atoms with E-state index in [1.165, 1.54) is 0 Å². The van der Waals surface area contributed by atoms with Gasteiger partial charge in [-0.25, -0.2) is 0 Å². The molecule has 0 bridgehead atoms. The molecule has 16 heavy (non-hydrogen) atoms. The smallest absolute Gasteiger partial charge is 0.0565 e. The summed E-state index contributed by atoms with van der Waals surface area (Å²) in [6.45, 7) is 4.89. The Morgan fingerprint density at radius 1 is 1.44 bits per heavy atom. The van der Waals surface area contributed by atoms with Crippen LogP contribution in [0.5, 0.6) is 0 Å². The zero-order valence-electron chi connectivity index (χ0n) is 10.4. The number of unbranched alkanes of at least 4 members (excludes halogenated alkanes) is 2. The Balaban J connectivity index is 2.24. The number of rotatable bonds is 7. The van der Waals surface area contributed by atoms with Crippen LogP contribution in [0, 0.1) is 0 Å². The zero-order valence-corrected chi connectivity index (χ0v) is 10.4. The highest BCUT2D eigenvalue weighted by atomic mass is 16.5. The molecule has 1 fully saturated rings. The lowest BCUT2D eigenvalue weighted by molar-refractivity contribution is -0.0161. The number of ether oxygens (including phenoxy) is 1. The fourth-order valence-electron chi connectivity index (χ4n) is 2.35. The molecular formula is C12H26N2O2. The number of nitrogens with two attached hydrogens (primary N) is 1. The van der Waals surface area contributed by atoms with Crippen LogP contribution in [0.15, 0.2) is 0 Å². The molecule has 0 spiro atoms. The summed E-state index contributed by atoms with van der Waals surface area (Å²) in [5.74, 6) is 0. The van der Waals surface area contributed by atoms with Gasteiger partial charge in [-0.3, -0.25) is 0 Å². The van der Waals surface area contributed by atoms with Gasteiger partial charge in [0.25, 0.3) is 0 Å². The maximum atomic E-state index is 8.69. The van der Waals surface area contributed by atoms with Crippen molar-refractivity contribution in [3.63, 3.8) is 0 Å². The number of hydrogen-bond donors (Lipinski definition) is 3. The van der Waals surface area contributed by atoms with Crippen molar-refractivity contribution in [2.45, 2.75) is 50.7 Å². The lowest BCUT2D eigenvalue weighted by atomic mass is 9.87. The Morgan fingerprint density at radius 3 is 2.88 bits per heavy atom. The van der Waals surface area contributed by atoms with Gasteiger partial charge in [0.05, 0.1) is 6.10 Å². The summed E-state index contributed by atoms with van der Waals surface area (Å²) in [6.07, 6.45) is 5.41. The first-order valence-corrected chi connectivity index (χ1v) is 6.40. The van der Waals surface area contributed by atoms with E-state index in [1.54, 1.807) is 0 Å². The van der Waals surface area contributed by atoms with Crippen LogP contribution in [0.25, 0.3) is 0 Å². The normalized spacial score (nSPS) is 30.6. The molecule has 1 rings (SSSR count). The maximum Gasteiger partial charge on any atom is 0.0565 e. The highest BCUT2D eigenvalue weighted by molar-refractivity contribution is 4.93. The number of nitrogens with one attached hydrogen (secondary N) is 1. The van der Waals surface area contributed by atoms with Gasteiger partial charge >= 0.3 is 0 Å². The van der Waals surface area contributed by atoms with Gasteiger partial charge in [0.15, 0.2) is 0 Å². The molecule has 96 valence electrons. The third-order valence-corrected chi connectivity index (χ3v) is 3.39. The molecule has 0 radical (unpaired) electrons. The van der Waals surface area contributed by atoms with E-state index in [1.807, 2.05) is 0 Å². The summed E-state index contributed by atoms with van der Waals surface area (Å²) in [5, 5.41) is 12.3. The summed E-state index contributed by atoms with van der Waals surface area (Å²) in [4.78, 5) is 0. The standard InChI is InChI=1S/C12H26N2O2/c1-11-9-12(10-13,5-8-16-11)14-6-3-2-4-7-15/h11,14-15H,2-10,13H2,1H3. The van der Waals surface area contributed by atoms with Crippen molar-refractivity contribution in [1.29, 1.82) is 0 Å². The molecule has 1 aliphatic heterocycles. The van der Waals surface area contributed by atoms with Crippen molar-refractivity contribution < 1.29 is 9.84 Å². The second kappa shape index (κ2) is 7.22. The molecule has 1 saturated heterocycles. The molecule has 0 aromatic rings. The molecule has 2 atom stereocenters. The summed E-state index contributed by atoms with van der Waals surface area (Å²) >= 11 is 0. The first kappa shape index (κ1) is 13.9. The van der Waals surface area contributed by atoms with Crippen LogP contribution in [-0.2, 0) is 4.74 Å². The monoisotopic (exact) mass is 230 g/mol. The molecule has 4 nitrogen and oxygen atoms in total. The van der Waals surface area contributed by atoms with Crippen molar-refractivity contribution in [2.75, 3.05) is 26.3 Å². The summed E-state index contributed by atoms with van der Waals surface area (Å²) < 4.78 is 5.55. The van der Waals surface area contributed by atoms with E-state index < -0.39 is 0 Å². The predicted octanol–water partition coefficient (Wildman–Crippen LogP) is 0.635. The van der Waals surface area contributed by atoms with Crippen molar-refractivity contribution in [2.24, 2.45) is 5.73 Å². The molecule has 0 aromatic carbocycles. The number of hydrogen-bond acceptors (Lipinski definition) is 4. The second-order valence-electron chi connectivity index (χ2n) is 4.83. The summed E-state index contributed by atoms with van der Waals surface area (Å²) in [7, 11) is 0. The fraction of sp³-hybridized carbons (Fsp3) is 1.00. The van der Waals surface area contributed by atoms with Crippen molar-refractivity contribution in [1.82, 2.24) is 5.32 Å². The van der Waals surface area contributed by atoms with E-state index in [-0.39, 0.29) is 5.54 Å². The largest absolute Gasteiger partial charge is 0.396 e. The Morgan fingerprint density at radius 2 is 2.25 bits per heavy atom. The summed E-state index contributed by atoms with van der Waals surface area (Å²) in [6, 6.07) is 0. The summed E-state index contributed by atoms with van der Waals surface area (Å²) in [5.41, 5.74) is 5.96. The minimum atomic E-state index is 0.0802. The first-order chi connectivity index (χ1) is 7.72. The Labute approximate surface area is 98.5 Å². The molecular weight excluding hydrogens is 204 g/mol. The highest BCUT2D eigenvalue weighted by Crippen LogP contribution is 2.23. The molecule has 4 heteroatoms. The van der Waals surface area contributed by atoms with Crippen molar-refractivity contribution in [3.8, 4) is 0 Å². The zero-order chi connectivity index (χ0) is 11.9. The van der Waals surface area contributed by atoms with Crippen molar-refractivity contribution >= 4 is 0 Å². The average Bonchev–Trinajstić information content (AvgIpc) is 2.29. The van der Waals surface area contributed by atoms with Gasteiger partial charge in [-0.05, 0) is 45.6 Å². The second-order valence-corrected chi connectivity index (χ2v) is 4.83. The van der Waals surface area contributed by atoms with Crippen LogP contribution in [0.4, 0.5) is 0 Å². The van der Waals surface area contributed by atoms with E-state index in [0.717, 1.165) is 45.3 Å². The van der Waals surface area contributed by atoms with Crippen LogP contribution < -0.4 is 11.1 Å². The minimum absolute atomic E-state index is 0.0802.